The average molecular weight is 557 g/mol. The van der Waals surface area contributed by atoms with Crippen molar-refractivity contribution < 1.29 is 4.79 Å². The Labute approximate surface area is 240 Å². The minimum absolute atomic E-state index is 0.0401. The van der Waals surface area contributed by atoms with Crippen LogP contribution in [0.3, 0.4) is 0 Å². The molecule has 7 heteroatoms. The van der Waals surface area contributed by atoms with Crippen LogP contribution in [0.2, 0.25) is 5.15 Å². The van der Waals surface area contributed by atoms with E-state index in [2.05, 4.69) is 34.1 Å². The minimum atomic E-state index is 0.0401. The molecule has 0 atom stereocenters. The third-order valence-electron chi connectivity index (χ3n) is 6.93. The number of anilines is 1. The molecule has 3 aromatic carbocycles. The summed E-state index contributed by atoms with van der Waals surface area (Å²) in [6, 6.07) is 30.2. The van der Waals surface area contributed by atoms with Crippen LogP contribution in [0, 0.1) is 0 Å². The number of hydrogen-bond acceptors (Lipinski definition) is 5. The van der Waals surface area contributed by atoms with E-state index in [1.807, 2.05) is 71.6 Å². The molecule has 0 N–H and O–H groups in total. The lowest BCUT2D eigenvalue weighted by Gasteiger charge is -2.27. The van der Waals surface area contributed by atoms with Gasteiger partial charge in [0.1, 0.15) is 11.0 Å². The maximum Gasteiger partial charge on any atom is 0.254 e. The van der Waals surface area contributed by atoms with Crippen LogP contribution in [0.4, 0.5) is 5.82 Å². The van der Waals surface area contributed by atoms with Gasteiger partial charge in [-0.05, 0) is 54.5 Å². The molecule has 2 heterocycles. The van der Waals surface area contributed by atoms with Gasteiger partial charge >= 0.3 is 0 Å². The number of carbonyl (C=O) groups excluding carboxylic acids is 1. The normalized spacial score (nSPS) is 13.3. The molecule has 39 heavy (non-hydrogen) atoms. The average Bonchev–Trinajstić information content (AvgIpc) is 2.99. The number of rotatable bonds is 10. The molecule has 0 aliphatic carbocycles. The summed E-state index contributed by atoms with van der Waals surface area (Å²) < 4.78 is 0. The van der Waals surface area contributed by atoms with E-state index in [0.717, 1.165) is 36.5 Å². The summed E-state index contributed by atoms with van der Waals surface area (Å²) in [5.41, 5.74) is 4.15. The summed E-state index contributed by atoms with van der Waals surface area (Å²) in [6.45, 7) is 3.26. The quantitative estimate of drug-likeness (QED) is 0.116. The van der Waals surface area contributed by atoms with Gasteiger partial charge in [0, 0.05) is 43.6 Å². The Kier molecular flexibility index (Phi) is 9.52. The fourth-order valence-corrected chi connectivity index (χ4v) is 5.81. The number of nitrogens with zero attached hydrogens (tertiary/aromatic N) is 4. The zero-order valence-corrected chi connectivity index (χ0v) is 23.6. The molecule has 0 radical (unpaired) electrons. The maximum atomic E-state index is 13.6. The fourth-order valence-electron chi connectivity index (χ4n) is 4.77. The van der Waals surface area contributed by atoms with E-state index in [-0.39, 0.29) is 5.91 Å². The van der Waals surface area contributed by atoms with Crippen molar-refractivity contribution in [1.29, 1.82) is 0 Å². The molecule has 1 aliphatic rings. The largest absolute Gasteiger partial charge is 0.356 e. The van der Waals surface area contributed by atoms with Gasteiger partial charge in [0.05, 0.1) is 0 Å². The molecule has 5 nitrogen and oxygen atoms in total. The van der Waals surface area contributed by atoms with Crippen LogP contribution in [0.5, 0.6) is 0 Å². The molecular weight excluding hydrogens is 524 g/mol. The predicted molar refractivity (Wildman–Crippen MR) is 160 cm³/mol. The van der Waals surface area contributed by atoms with E-state index in [1.54, 1.807) is 11.8 Å². The summed E-state index contributed by atoms with van der Waals surface area (Å²) in [5, 5.41) is 1.15. The van der Waals surface area contributed by atoms with Crippen LogP contribution in [-0.2, 0) is 18.7 Å². The predicted octanol–water partition coefficient (Wildman–Crippen LogP) is 7.30. The zero-order valence-electron chi connectivity index (χ0n) is 22.0. The zero-order chi connectivity index (χ0) is 26.9. The highest BCUT2D eigenvalue weighted by atomic mass is 35.5. The van der Waals surface area contributed by atoms with E-state index in [4.69, 9.17) is 16.6 Å². The molecule has 0 unspecified atom stereocenters. The highest BCUT2D eigenvalue weighted by Crippen LogP contribution is 2.26. The smallest absolute Gasteiger partial charge is 0.254 e. The van der Waals surface area contributed by atoms with Gasteiger partial charge in [0.15, 0.2) is 5.16 Å². The van der Waals surface area contributed by atoms with Gasteiger partial charge in [0.2, 0.25) is 0 Å². The number of carbonyl (C=O) groups is 1. The topological polar surface area (TPSA) is 49.3 Å². The van der Waals surface area contributed by atoms with Crippen LogP contribution in [0.15, 0.2) is 96.2 Å². The van der Waals surface area contributed by atoms with Gasteiger partial charge in [-0.1, -0.05) is 96.2 Å². The van der Waals surface area contributed by atoms with Crippen LogP contribution in [0.25, 0.3) is 0 Å². The van der Waals surface area contributed by atoms with Gasteiger partial charge in [0.25, 0.3) is 5.91 Å². The van der Waals surface area contributed by atoms with Crippen molar-refractivity contribution in [1.82, 2.24) is 14.9 Å². The third kappa shape index (κ3) is 7.84. The van der Waals surface area contributed by atoms with Crippen LogP contribution < -0.4 is 4.90 Å². The van der Waals surface area contributed by atoms with Crippen molar-refractivity contribution in [3.63, 3.8) is 0 Å². The van der Waals surface area contributed by atoms with Crippen LogP contribution in [0.1, 0.15) is 46.3 Å². The lowest BCUT2D eigenvalue weighted by molar-refractivity contribution is 0.0745. The standard InChI is InChI=1S/C32H33ClN4OS/c33-29-22-30(36-19-8-3-9-20-36)35-32(34-29)39-24-27-14-16-28(17-15-27)31(38)37(23-26-12-6-2-7-13-26)21-18-25-10-4-1-5-11-25/h1-2,4-7,10-17,22H,3,8-9,18-21,23-24H2. The number of piperidine rings is 1. The summed E-state index contributed by atoms with van der Waals surface area (Å²) >= 11 is 7.89. The molecule has 0 saturated carbocycles. The molecule has 1 amide bonds. The fraction of sp³-hybridized carbons (Fsp3) is 0.281. The number of hydrogen-bond donors (Lipinski definition) is 0. The third-order valence-corrected chi connectivity index (χ3v) is 8.04. The minimum Gasteiger partial charge on any atom is -0.356 e. The molecule has 200 valence electrons. The Morgan fingerprint density at radius 3 is 2.18 bits per heavy atom. The Bertz CT molecular complexity index is 1350. The summed E-state index contributed by atoms with van der Waals surface area (Å²) in [7, 11) is 0. The highest BCUT2D eigenvalue weighted by Gasteiger charge is 2.17. The number of halogens is 1. The van der Waals surface area contributed by atoms with Crippen molar-refractivity contribution in [2.45, 2.75) is 43.1 Å². The lowest BCUT2D eigenvalue weighted by atomic mass is 10.1. The van der Waals surface area contributed by atoms with Crippen molar-refractivity contribution in [3.05, 3.63) is 118 Å². The first-order valence-corrected chi connectivity index (χ1v) is 14.9. The Morgan fingerprint density at radius 2 is 1.49 bits per heavy atom. The number of thioether (sulfide) groups is 1. The van der Waals surface area contributed by atoms with Crippen molar-refractivity contribution >= 4 is 35.1 Å². The Balaban J connectivity index is 1.24. The van der Waals surface area contributed by atoms with E-state index in [0.29, 0.717) is 34.7 Å². The molecule has 0 spiro atoms. The van der Waals surface area contributed by atoms with Gasteiger partial charge in [-0.3, -0.25) is 4.79 Å². The molecule has 5 rings (SSSR count). The van der Waals surface area contributed by atoms with Gasteiger partial charge in [-0.15, -0.1) is 0 Å². The summed E-state index contributed by atoms with van der Waals surface area (Å²) in [6.07, 6.45) is 4.45. The number of aromatic nitrogens is 2. The Hall–Kier alpha value is -3.35. The first kappa shape index (κ1) is 27.2. The van der Waals surface area contributed by atoms with E-state index >= 15 is 0 Å². The molecule has 4 aromatic rings. The molecular formula is C32H33ClN4OS. The first-order valence-electron chi connectivity index (χ1n) is 13.5. The van der Waals surface area contributed by atoms with E-state index in [9.17, 15) is 4.79 Å². The highest BCUT2D eigenvalue weighted by molar-refractivity contribution is 7.98. The van der Waals surface area contributed by atoms with Crippen LogP contribution in [-0.4, -0.2) is 40.4 Å². The molecule has 1 aliphatic heterocycles. The molecule has 0 bridgehead atoms. The second-order valence-electron chi connectivity index (χ2n) is 9.81. The molecule has 1 aromatic heterocycles. The monoisotopic (exact) mass is 556 g/mol. The van der Waals surface area contributed by atoms with Crippen molar-refractivity contribution in [2.24, 2.45) is 0 Å². The second kappa shape index (κ2) is 13.6. The van der Waals surface area contributed by atoms with E-state index in [1.165, 1.54) is 24.8 Å². The maximum absolute atomic E-state index is 13.6. The van der Waals surface area contributed by atoms with Crippen molar-refractivity contribution in [3.8, 4) is 0 Å². The lowest BCUT2D eigenvalue weighted by Crippen LogP contribution is -2.32. The second-order valence-corrected chi connectivity index (χ2v) is 11.1. The van der Waals surface area contributed by atoms with Crippen molar-refractivity contribution in [2.75, 3.05) is 24.5 Å². The van der Waals surface area contributed by atoms with Gasteiger partial charge < -0.3 is 9.80 Å². The Morgan fingerprint density at radius 1 is 0.821 bits per heavy atom. The number of amides is 1. The number of benzene rings is 3. The SMILES string of the molecule is O=C(c1ccc(CSc2nc(Cl)cc(N3CCCCC3)n2)cc1)N(CCc1ccccc1)Cc1ccccc1. The van der Waals surface area contributed by atoms with Gasteiger partial charge in [-0.2, -0.15) is 0 Å². The first-order chi connectivity index (χ1) is 19.1. The summed E-state index contributed by atoms with van der Waals surface area (Å²) in [4.78, 5) is 27.0. The molecule has 1 saturated heterocycles. The summed E-state index contributed by atoms with van der Waals surface area (Å²) in [5.74, 6) is 1.65. The van der Waals surface area contributed by atoms with Gasteiger partial charge in [-0.25, -0.2) is 9.97 Å². The molecule has 1 fully saturated rings. The van der Waals surface area contributed by atoms with Crippen LogP contribution >= 0.6 is 23.4 Å². The van der Waals surface area contributed by atoms with E-state index < -0.39 is 0 Å².